The van der Waals surface area contributed by atoms with Gasteiger partial charge in [0.2, 0.25) is 10.0 Å². The molecule has 1 N–H and O–H groups in total. The molecule has 7 heteroatoms. The minimum Gasteiger partial charge on any atom is -0.383 e. The van der Waals surface area contributed by atoms with Gasteiger partial charge in [0, 0.05) is 19.3 Å². The Labute approximate surface area is 113 Å². The molecule has 0 spiro atoms. The van der Waals surface area contributed by atoms with Crippen molar-refractivity contribution in [1.29, 1.82) is 5.26 Å². The van der Waals surface area contributed by atoms with Crippen molar-refractivity contribution in [2.45, 2.75) is 24.8 Å². The quantitative estimate of drug-likeness (QED) is 0.837. The van der Waals surface area contributed by atoms with Gasteiger partial charge in [-0.3, -0.25) is 0 Å². The molecule has 0 bridgehead atoms. The lowest BCUT2D eigenvalue weighted by Crippen LogP contribution is -2.41. The number of hydrogen-bond donors (Lipinski definition) is 1. The van der Waals surface area contributed by atoms with Gasteiger partial charge >= 0.3 is 0 Å². The first-order valence-corrected chi connectivity index (χ1v) is 7.27. The van der Waals surface area contributed by atoms with Gasteiger partial charge in [-0.2, -0.15) is 5.26 Å². The molecule has 0 amide bonds. The van der Waals surface area contributed by atoms with Crippen LogP contribution in [0.15, 0.2) is 23.2 Å². The molecule has 104 valence electrons. The summed E-state index contributed by atoms with van der Waals surface area (Å²) < 4.78 is 32.0. The van der Waals surface area contributed by atoms with Crippen LogP contribution in [0.25, 0.3) is 0 Å². The maximum atomic E-state index is 12.2. The summed E-state index contributed by atoms with van der Waals surface area (Å²) in [6, 6.07) is 4.26. The Morgan fingerprint density at radius 1 is 1.53 bits per heavy atom. The summed E-state index contributed by atoms with van der Waals surface area (Å²) in [4.78, 5) is 3.64. The minimum atomic E-state index is -3.78. The number of rotatable bonds is 6. The second-order valence-corrected chi connectivity index (χ2v) is 6.07. The van der Waals surface area contributed by atoms with Crippen LogP contribution < -0.4 is 4.72 Å². The Morgan fingerprint density at radius 2 is 2.21 bits per heavy atom. The van der Waals surface area contributed by atoms with Gasteiger partial charge in [-0.15, -0.1) is 0 Å². The zero-order valence-electron chi connectivity index (χ0n) is 11.1. The van der Waals surface area contributed by atoms with E-state index in [0.29, 0.717) is 0 Å². The molecule has 6 nitrogen and oxygen atoms in total. The predicted octanol–water partition coefficient (Wildman–Crippen LogP) is 0.903. The molecule has 0 aliphatic carbocycles. The van der Waals surface area contributed by atoms with E-state index in [0.717, 1.165) is 0 Å². The van der Waals surface area contributed by atoms with Crippen LogP contribution in [-0.2, 0) is 14.8 Å². The topological polar surface area (TPSA) is 92.1 Å². The molecule has 0 fully saturated rings. The van der Waals surface area contributed by atoms with Crippen molar-refractivity contribution in [3.63, 3.8) is 0 Å². The third kappa shape index (κ3) is 3.99. The van der Waals surface area contributed by atoms with E-state index in [9.17, 15) is 8.42 Å². The van der Waals surface area contributed by atoms with E-state index in [1.165, 1.54) is 25.4 Å². The number of aromatic nitrogens is 1. The number of nitrogens with zero attached hydrogens (tertiary/aromatic N) is 2. The summed E-state index contributed by atoms with van der Waals surface area (Å²) in [7, 11) is -2.28. The highest BCUT2D eigenvalue weighted by Gasteiger charge is 2.25. The van der Waals surface area contributed by atoms with Crippen LogP contribution in [0.1, 0.15) is 19.5 Å². The van der Waals surface area contributed by atoms with Crippen molar-refractivity contribution in [1.82, 2.24) is 9.71 Å². The molecule has 1 aromatic rings. The van der Waals surface area contributed by atoms with E-state index >= 15 is 0 Å². The molecular formula is C12H17N3O3S. The number of sulfonamides is 1. The van der Waals surface area contributed by atoms with Gasteiger partial charge < -0.3 is 4.74 Å². The second-order valence-electron chi connectivity index (χ2n) is 4.39. The third-order valence-electron chi connectivity index (χ3n) is 2.62. The second kappa shape index (κ2) is 6.61. The standard InChI is InChI=1S/C12H17N3O3S/c1-9(2)11(8-18-3)15-19(16,17)12-5-4-6-14-10(12)7-13/h4-6,9,11,15H,8H2,1-3H3. The first kappa shape index (κ1) is 15.6. The lowest BCUT2D eigenvalue weighted by molar-refractivity contribution is 0.157. The highest BCUT2D eigenvalue weighted by Crippen LogP contribution is 2.14. The van der Waals surface area contributed by atoms with Crippen molar-refractivity contribution in [2.24, 2.45) is 5.92 Å². The van der Waals surface area contributed by atoms with E-state index in [1.54, 1.807) is 6.07 Å². The van der Waals surface area contributed by atoms with Gasteiger partial charge in [-0.25, -0.2) is 18.1 Å². The maximum Gasteiger partial charge on any atom is 0.243 e. The molecule has 0 saturated carbocycles. The predicted molar refractivity (Wildman–Crippen MR) is 69.8 cm³/mol. The smallest absolute Gasteiger partial charge is 0.243 e. The Kier molecular flexibility index (Phi) is 5.42. The van der Waals surface area contributed by atoms with Crippen LogP contribution in [0, 0.1) is 17.2 Å². The molecule has 1 heterocycles. The number of nitriles is 1. The number of nitrogens with one attached hydrogen (secondary N) is 1. The summed E-state index contributed by atoms with van der Waals surface area (Å²) in [6.07, 6.45) is 1.38. The summed E-state index contributed by atoms with van der Waals surface area (Å²) >= 11 is 0. The van der Waals surface area contributed by atoms with Crippen molar-refractivity contribution in [3.05, 3.63) is 24.0 Å². The first-order chi connectivity index (χ1) is 8.92. The SMILES string of the molecule is COCC(NS(=O)(=O)c1cccnc1C#N)C(C)C. The molecule has 1 atom stereocenters. The maximum absolute atomic E-state index is 12.2. The van der Waals surface area contributed by atoms with Gasteiger partial charge in [-0.05, 0) is 18.1 Å². The molecular weight excluding hydrogens is 266 g/mol. The molecule has 19 heavy (non-hydrogen) atoms. The Bertz CT molecular complexity index is 564. The summed E-state index contributed by atoms with van der Waals surface area (Å²) in [6.45, 7) is 4.04. The molecule has 0 aromatic carbocycles. The van der Waals surface area contributed by atoms with Crippen molar-refractivity contribution in [2.75, 3.05) is 13.7 Å². The highest BCUT2D eigenvalue weighted by atomic mass is 32.2. The molecule has 0 saturated heterocycles. The van der Waals surface area contributed by atoms with Gasteiger partial charge in [0.1, 0.15) is 11.0 Å². The van der Waals surface area contributed by atoms with Crippen LogP contribution in [-0.4, -0.2) is 33.2 Å². The first-order valence-electron chi connectivity index (χ1n) is 5.78. The van der Waals surface area contributed by atoms with Gasteiger partial charge in [0.15, 0.2) is 5.69 Å². The summed E-state index contributed by atoms with van der Waals surface area (Å²) in [5.41, 5.74) is -0.116. The van der Waals surface area contributed by atoms with Crippen molar-refractivity contribution < 1.29 is 13.2 Å². The normalized spacial score (nSPS) is 13.2. The van der Waals surface area contributed by atoms with Crippen LogP contribution in [0.2, 0.25) is 0 Å². The van der Waals surface area contributed by atoms with Crippen LogP contribution in [0.5, 0.6) is 0 Å². The fourth-order valence-electron chi connectivity index (χ4n) is 1.50. The molecule has 1 aromatic heterocycles. The van der Waals surface area contributed by atoms with E-state index in [-0.39, 0.29) is 29.2 Å². The Hall–Kier alpha value is -1.49. The van der Waals surface area contributed by atoms with E-state index < -0.39 is 10.0 Å². The zero-order valence-corrected chi connectivity index (χ0v) is 11.9. The highest BCUT2D eigenvalue weighted by molar-refractivity contribution is 7.89. The van der Waals surface area contributed by atoms with Crippen LogP contribution in [0.4, 0.5) is 0 Å². The number of hydrogen-bond acceptors (Lipinski definition) is 5. The Morgan fingerprint density at radius 3 is 2.74 bits per heavy atom. The monoisotopic (exact) mass is 283 g/mol. The van der Waals surface area contributed by atoms with Crippen LogP contribution >= 0.6 is 0 Å². The van der Waals surface area contributed by atoms with E-state index in [4.69, 9.17) is 10.00 Å². The van der Waals surface area contributed by atoms with Crippen molar-refractivity contribution >= 4 is 10.0 Å². The average molecular weight is 283 g/mol. The third-order valence-corrected chi connectivity index (χ3v) is 4.15. The van der Waals surface area contributed by atoms with Gasteiger partial charge in [0.05, 0.1) is 6.61 Å². The zero-order chi connectivity index (χ0) is 14.5. The largest absolute Gasteiger partial charge is 0.383 e. The Balaban J connectivity index is 3.07. The number of methoxy groups -OCH3 is 1. The molecule has 0 radical (unpaired) electrons. The van der Waals surface area contributed by atoms with Gasteiger partial charge in [-0.1, -0.05) is 13.8 Å². The summed E-state index contributed by atoms with van der Waals surface area (Å²) in [5, 5.41) is 8.90. The molecule has 1 unspecified atom stereocenters. The minimum absolute atomic E-state index is 0.0666. The molecule has 1 rings (SSSR count). The van der Waals surface area contributed by atoms with Gasteiger partial charge in [0.25, 0.3) is 0 Å². The summed E-state index contributed by atoms with van der Waals surface area (Å²) in [5.74, 6) is 0.0666. The lowest BCUT2D eigenvalue weighted by atomic mass is 10.1. The number of pyridine rings is 1. The lowest BCUT2D eigenvalue weighted by Gasteiger charge is -2.21. The van der Waals surface area contributed by atoms with Crippen LogP contribution in [0.3, 0.4) is 0 Å². The fourth-order valence-corrected chi connectivity index (χ4v) is 2.97. The molecule has 0 aliphatic rings. The average Bonchev–Trinajstić information content (AvgIpc) is 2.38. The fraction of sp³-hybridized carbons (Fsp3) is 0.500. The van der Waals surface area contributed by atoms with E-state index in [1.807, 2.05) is 13.8 Å². The van der Waals surface area contributed by atoms with E-state index in [2.05, 4.69) is 9.71 Å². The van der Waals surface area contributed by atoms with Crippen molar-refractivity contribution in [3.8, 4) is 6.07 Å². The molecule has 0 aliphatic heterocycles. The number of ether oxygens (including phenoxy) is 1.